The number of ether oxygens (including phenoxy) is 1. The molecule has 2 aromatic rings. The van der Waals surface area contributed by atoms with Gasteiger partial charge in [-0.05, 0) is 54.7 Å². The van der Waals surface area contributed by atoms with Gasteiger partial charge in [-0.1, -0.05) is 35.9 Å². The second-order valence-corrected chi connectivity index (χ2v) is 5.88. The molecule has 1 fully saturated rings. The van der Waals surface area contributed by atoms with Gasteiger partial charge in [-0.25, -0.2) is 0 Å². The van der Waals surface area contributed by atoms with Crippen LogP contribution in [0.3, 0.4) is 0 Å². The highest BCUT2D eigenvalue weighted by Gasteiger charge is 2.23. The highest BCUT2D eigenvalue weighted by atomic mass is 35.5. The molecule has 0 radical (unpaired) electrons. The summed E-state index contributed by atoms with van der Waals surface area (Å²) in [7, 11) is 0. The highest BCUT2D eigenvalue weighted by molar-refractivity contribution is 6.30. The van der Waals surface area contributed by atoms with Crippen molar-refractivity contribution in [3.63, 3.8) is 0 Å². The number of nitrogens with two attached hydrogens (primary N) is 1. The Hall–Kier alpha value is -1.55. The van der Waals surface area contributed by atoms with E-state index in [1.165, 1.54) is 0 Å². The summed E-state index contributed by atoms with van der Waals surface area (Å²) in [4.78, 5) is 0. The van der Waals surface area contributed by atoms with E-state index in [-0.39, 0.29) is 6.04 Å². The molecule has 2 aromatic carbocycles. The Balaban J connectivity index is 1.75. The van der Waals surface area contributed by atoms with E-state index in [0.29, 0.717) is 6.10 Å². The van der Waals surface area contributed by atoms with Gasteiger partial charge in [-0.2, -0.15) is 0 Å². The molecule has 1 aliphatic carbocycles. The molecule has 4 heteroatoms. The molecule has 0 aliphatic heterocycles. The number of nitrogens with one attached hydrogen (secondary N) is 1. The quantitative estimate of drug-likeness (QED) is 0.633. The molecule has 0 aromatic heterocycles. The fourth-order valence-electron chi connectivity index (χ4n) is 2.36. The summed E-state index contributed by atoms with van der Waals surface area (Å²) in [5.41, 5.74) is 5.16. The van der Waals surface area contributed by atoms with Crippen LogP contribution in [0.15, 0.2) is 48.5 Å². The van der Waals surface area contributed by atoms with Gasteiger partial charge in [0.25, 0.3) is 0 Å². The van der Waals surface area contributed by atoms with Crippen LogP contribution < -0.4 is 16.0 Å². The van der Waals surface area contributed by atoms with E-state index in [9.17, 15) is 0 Å². The Morgan fingerprint density at radius 3 is 2.71 bits per heavy atom. The van der Waals surface area contributed by atoms with Crippen molar-refractivity contribution in [1.29, 1.82) is 0 Å². The van der Waals surface area contributed by atoms with Gasteiger partial charge >= 0.3 is 0 Å². The van der Waals surface area contributed by atoms with Gasteiger partial charge in [0.15, 0.2) is 0 Å². The Bertz CT molecular complexity index is 613. The molecule has 3 N–H and O–H groups in total. The number of hydrazine groups is 1. The minimum atomic E-state index is 0.0335. The minimum Gasteiger partial charge on any atom is -0.490 e. The fraction of sp³-hybridized carbons (Fsp3) is 0.294. The number of hydrogen-bond donors (Lipinski definition) is 2. The SMILES string of the molecule is NNC(Cc1cccc(Cl)c1)c1cccc(OC2CC2)c1. The molecule has 0 saturated heterocycles. The van der Waals surface area contributed by atoms with E-state index in [0.717, 1.165) is 41.2 Å². The lowest BCUT2D eigenvalue weighted by Gasteiger charge is -2.17. The standard InChI is InChI=1S/C17H19ClN2O/c18-14-5-1-3-12(9-14)10-17(20-19)13-4-2-6-16(11-13)21-15-7-8-15/h1-6,9,11,15,17,20H,7-8,10,19H2. The lowest BCUT2D eigenvalue weighted by atomic mass is 9.99. The summed E-state index contributed by atoms with van der Waals surface area (Å²) in [6.07, 6.45) is 3.50. The zero-order valence-electron chi connectivity index (χ0n) is 11.8. The van der Waals surface area contributed by atoms with E-state index >= 15 is 0 Å². The first-order valence-electron chi connectivity index (χ1n) is 7.22. The molecule has 1 unspecified atom stereocenters. The van der Waals surface area contributed by atoms with Crippen LogP contribution >= 0.6 is 11.6 Å². The van der Waals surface area contributed by atoms with Crippen molar-refractivity contribution in [3.8, 4) is 5.75 Å². The van der Waals surface area contributed by atoms with Crippen LogP contribution in [0.1, 0.15) is 30.0 Å². The first-order valence-corrected chi connectivity index (χ1v) is 7.59. The molecule has 1 saturated carbocycles. The van der Waals surface area contributed by atoms with Crippen molar-refractivity contribution in [2.45, 2.75) is 31.4 Å². The van der Waals surface area contributed by atoms with Gasteiger partial charge in [0.2, 0.25) is 0 Å². The van der Waals surface area contributed by atoms with Crippen molar-refractivity contribution < 1.29 is 4.74 Å². The second-order valence-electron chi connectivity index (χ2n) is 5.44. The van der Waals surface area contributed by atoms with E-state index < -0.39 is 0 Å². The maximum atomic E-state index is 6.04. The first-order chi connectivity index (χ1) is 10.2. The molecular weight excluding hydrogens is 284 g/mol. The fourth-order valence-corrected chi connectivity index (χ4v) is 2.57. The van der Waals surface area contributed by atoms with Crippen LogP contribution in [0.25, 0.3) is 0 Å². The van der Waals surface area contributed by atoms with Crippen molar-refractivity contribution >= 4 is 11.6 Å². The number of halogens is 1. The summed E-state index contributed by atoms with van der Waals surface area (Å²) in [5.74, 6) is 6.65. The third-order valence-corrected chi connectivity index (χ3v) is 3.85. The van der Waals surface area contributed by atoms with Crippen LogP contribution in [0.4, 0.5) is 0 Å². The zero-order valence-corrected chi connectivity index (χ0v) is 12.5. The topological polar surface area (TPSA) is 47.3 Å². The van der Waals surface area contributed by atoms with Gasteiger partial charge in [0.05, 0.1) is 12.1 Å². The molecule has 1 aliphatic rings. The predicted molar refractivity (Wildman–Crippen MR) is 85.3 cm³/mol. The summed E-state index contributed by atoms with van der Waals surface area (Å²) in [6, 6.07) is 16.0. The third kappa shape index (κ3) is 3.97. The van der Waals surface area contributed by atoms with Crippen LogP contribution in [0.2, 0.25) is 5.02 Å². The summed E-state index contributed by atoms with van der Waals surface area (Å²) >= 11 is 6.04. The molecule has 3 rings (SSSR count). The average Bonchev–Trinajstić information content (AvgIpc) is 3.29. The van der Waals surface area contributed by atoms with E-state index in [4.69, 9.17) is 22.2 Å². The van der Waals surface area contributed by atoms with Crippen molar-refractivity contribution in [3.05, 3.63) is 64.7 Å². The summed E-state index contributed by atoms with van der Waals surface area (Å²) in [6.45, 7) is 0. The zero-order chi connectivity index (χ0) is 14.7. The van der Waals surface area contributed by atoms with Crippen molar-refractivity contribution in [1.82, 2.24) is 5.43 Å². The molecule has 1 atom stereocenters. The monoisotopic (exact) mass is 302 g/mol. The van der Waals surface area contributed by atoms with Gasteiger partial charge < -0.3 is 4.74 Å². The second kappa shape index (κ2) is 6.48. The van der Waals surface area contributed by atoms with Crippen LogP contribution in [0.5, 0.6) is 5.75 Å². The Labute approximate surface area is 130 Å². The predicted octanol–water partition coefficient (Wildman–Crippen LogP) is 3.63. The lowest BCUT2D eigenvalue weighted by molar-refractivity contribution is 0.302. The molecule has 3 nitrogen and oxygen atoms in total. The van der Waals surface area contributed by atoms with E-state index in [2.05, 4.69) is 23.6 Å². The number of benzene rings is 2. The van der Waals surface area contributed by atoms with Crippen molar-refractivity contribution in [2.24, 2.45) is 5.84 Å². The van der Waals surface area contributed by atoms with Crippen LogP contribution in [-0.4, -0.2) is 6.10 Å². The maximum Gasteiger partial charge on any atom is 0.120 e. The maximum absolute atomic E-state index is 6.04. The molecule has 0 spiro atoms. The Morgan fingerprint density at radius 1 is 1.19 bits per heavy atom. The smallest absolute Gasteiger partial charge is 0.120 e. The summed E-state index contributed by atoms with van der Waals surface area (Å²) < 4.78 is 5.84. The Morgan fingerprint density at radius 2 is 2.00 bits per heavy atom. The summed E-state index contributed by atoms with van der Waals surface area (Å²) in [5, 5.41) is 0.745. The van der Waals surface area contributed by atoms with Crippen LogP contribution in [0, 0.1) is 0 Å². The molecular formula is C17H19ClN2O. The number of rotatable bonds is 6. The van der Waals surface area contributed by atoms with Gasteiger partial charge in [0, 0.05) is 5.02 Å². The normalized spacial score (nSPS) is 15.7. The molecule has 110 valence electrons. The van der Waals surface area contributed by atoms with E-state index in [1.54, 1.807) is 0 Å². The van der Waals surface area contributed by atoms with Crippen molar-refractivity contribution in [2.75, 3.05) is 0 Å². The molecule has 0 bridgehead atoms. The lowest BCUT2D eigenvalue weighted by Crippen LogP contribution is -2.29. The molecule has 21 heavy (non-hydrogen) atoms. The third-order valence-electron chi connectivity index (χ3n) is 3.62. The minimum absolute atomic E-state index is 0.0335. The highest BCUT2D eigenvalue weighted by Crippen LogP contribution is 2.29. The molecule has 0 heterocycles. The first kappa shape index (κ1) is 14.4. The Kier molecular flexibility index (Phi) is 4.44. The average molecular weight is 303 g/mol. The van der Waals surface area contributed by atoms with Crippen LogP contribution in [-0.2, 0) is 6.42 Å². The van der Waals surface area contributed by atoms with E-state index in [1.807, 2.05) is 30.3 Å². The van der Waals surface area contributed by atoms with Gasteiger partial charge in [-0.3, -0.25) is 11.3 Å². The largest absolute Gasteiger partial charge is 0.490 e. The molecule has 0 amide bonds. The number of hydrogen-bond acceptors (Lipinski definition) is 3. The van der Waals surface area contributed by atoms with Gasteiger partial charge in [0.1, 0.15) is 5.75 Å². The van der Waals surface area contributed by atoms with Gasteiger partial charge in [-0.15, -0.1) is 0 Å².